The van der Waals surface area contributed by atoms with Crippen LogP contribution in [0.25, 0.3) is 0 Å². The number of hydrogen-bond donors (Lipinski definition) is 0. The summed E-state index contributed by atoms with van der Waals surface area (Å²) in [4.78, 5) is 27.2. The smallest absolute Gasteiger partial charge is 0.225 e. The van der Waals surface area contributed by atoms with Crippen LogP contribution in [0, 0.1) is 17.7 Å². The number of Topliss-reactive ketones (excluding diaryl/α,β-unsaturated/α-hetero) is 1. The van der Waals surface area contributed by atoms with Gasteiger partial charge in [-0.1, -0.05) is 19.3 Å². The van der Waals surface area contributed by atoms with Crippen molar-refractivity contribution in [2.24, 2.45) is 11.8 Å². The Morgan fingerprint density at radius 3 is 2.26 bits per heavy atom. The Morgan fingerprint density at radius 1 is 0.913 bits per heavy atom. The lowest BCUT2D eigenvalue weighted by Crippen LogP contribution is -2.45. The molecule has 1 aromatic rings. The van der Waals surface area contributed by atoms with Gasteiger partial charge < -0.3 is 4.90 Å². The number of carbonyl (C=O) groups is 2. The lowest BCUT2D eigenvalue weighted by atomic mass is 9.86. The van der Waals surface area contributed by atoms with Gasteiger partial charge in [-0.25, -0.2) is 4.39 Å². The van der Waals surface area contributed by atoms with Gasteiger partial charge in [0.25, 0.3) is 0 Å². The zero-order valence-electron chi connectivity index (χ0n) is 13.5. The quantitative estimate of drug-likeness (QED) is 0.795. The number of benzene rings is 1. The number of piperidine rings is 1. The van der Waals surface area contributed by atoms with Crippen molar-refractivity contribution < 1.29 is 14.0 Å². The second-order valence-corrected chi connectivity index (χ2v) is 6.83. The van der Waals surface area contributed by atoms with Crippen molar-refractivity contribution in [1.29, 1.82) is 0 Å². The first-order valence-electron chi connectivity index (χ1n) is 8.74. The molecular weight excluding hydrogens is 293 g/mol. The van der Waals surface area contributed by atoms with E-state index >= 15 is 0 Å². The Balaban J connectivity index is 1.64. The SMILES string of the molecule is O=C(c1ccc(F)cc1)[C@@H]1CCCN(C(=O)C2CCCCC2)C1. The summed E-state index contributed by atoms with van der Waals surface area (Å²) in [5.74, 6) is -0.0584. The number of hydrogen-bond acceptors (Lipinski definition) is 2. The Kier molecular flexibility index (Phi) is 5.09. The normalized spacial score (nSPS) is 22.8. The molecule has 23 heavy (non-hydrogen) atoms. The summed E-state index contributed by atoms with van der Waals surface area (Å²) in [6.07, 6.45) is 7.18. The summed E-state index contributed by atoms with van der Waals surface area (Å²) < 4.78 is 13.0. The second kappa shape index (κ2) is 7.24. The number of ketones is 1. The highest BCUT2D eigenvalue weighted by atomic mass is 19.1. The highest BCUT2D eigenvalue weighted by molar-refractivity contribution is 5.98. The Bertz CT molecular complexity index is 563. The molecule has 3 rings (SSSR count). The minimum atomic E-state index is -0.334. The van der Waals surface area contributed by atoms with Crippen molar-refractivity contribution in [3.8, 4) is 0 Å². The van der Waals surface area contributed by atoms with Crippen molar-refractivity contribution in [1.82, 2.24) is 4.90 Å². The van der Waals surface area contributed by atoms with Gasteiger partial charge in [-0.2, -0.15) is 0 Å². The minimum absolute atomic E-state index is 0.0335. The molecule has 1 atom stereocenters. The standard InChI is InChI=1S/C19H24FNO2/c20-17-10-8-14(9-11-17)18(22)16-7-4-12-21(13-16)19(23)15-5-2-1-3-6-15/h8-11,15-16H,1-7,12-13H2/t16-/m1/s1. The molecule has 1 amide bonds. The molecule has 2 fully saturated rings. The molecule has 1 heterocycles. The predicted octanol–water partition coefficient (Wildman–Crippen LogP) is 3.83. The molecule has 2 aliphatic rings. The third-order valence-corrected chi connectivity index (χ3v) is 5.19. The first-order valence-corrected chi connectivity index (χ1v) is 8.74. The largest absolute Gasteiger partial charge is 0.342 e. The molecule has 0 N–H and O–H groups in total. The van der Waals surface area contributed by atoms with E-state index in [4.69, 9.17) is 0 Å². The van der Waals surface area contributed by atoms with Gasteiger partial charge in [0.2, 0.25) is 5.91 Å². The minimum Gasteiger partial charge on any atom is -0.342 e. The maximum Gasteiger partial charge on any atom is 0.225 e. The summed E-state index contributed by atoms with van der Waals surface area (Å²) in [6.45, 7) is 1.29. The summed E-state index contributed by atoms with van der Waals surface area (Å²) in [7, 11) is 0. The first kappa shape index (κ1) is 16.2. The number of nitrogens with zero attached hydrogens (tertiary/aromatic N) is 1. The molecule has 0 radical (unpaired) electrons. The fourth-order valence-corrected chi connectivity index (χ4v) is 3.85. The lowest BCUT2D eigenvalue weighted by molar-refractivity contribution is -0.138. The van der Waals surface area contributed by atoms with Crippen LogP contribution >= 0.6 is 0 Å². The van der Waals surface area contributed by atoms with E-state index < -0.39 is 0 Å². The van der Waals surface area contributed by atoms with Crippen LogP contribution in [0.2, 0.25) is 0 Å². The van der Waals surface area contributed by atoms with E-state index in [1.165, 1.54) is 18.6 Å². The van der Waals surface area contributed by atoms with Crippen LogP contribution in [-0.2, 0) is 4.79 Å². The molecular formula is C19H24FNO2. The topological polar surface area (TPSA) is 37.4 Å². The number of amides is 1. The molecule has 1 aliphatic heterocycles. The molecule has 0 aromatic heterocycles. The lowest BCUT2D eigenvalue weighted by Gasteiger charge is -2.35. The van der Waals surface area contributed by atoms with Crippen LogP contribution in [-0.4, -0.2) is 29.7 Å². The predicted molar refractivity (Wildman–Crippen MR) is 86.6 cm³/mol. The zero-order chi connectivity index (χ0) is 16.2. The highest BCUT2D eigenvalue weighted by Crippen LogP contribution is 2.28. The van der Waals surface area contributed by atoms with E-state index in [1.807, 2.05) is 4.90 Å². The maximum absolute atomic E-state index is 13.0. The summed E-state index contributed by atoms with van der Waals surface area (Å²) in [5, 5.41) is 0. The average molecular weight is 317 g/mol. The monoisotopic (exact) mass is 317 g/mol. The Hall–Kier alpha value is -1.71. The molecule has 0 spiro atoms. The first-order chi connectivity index (χ1) is 11.1. The molecule has 3 nitrogen and oxygen atoms in total. The number of likely N-dealkylation sites (tertiary alicyclic amines) is 1. The van der Waals surface area contributed by atoms with Crippen LogP contribution < -0.4 is 0 Å². The van der Waals surface area contributed by atoms with Gasteiger partial charge in [0, 0.05) is 30.5 Å². The van der Waals surface area contributed by atoms with Crippen molar-refractivity contribution in [3.63, 3.8) is 0 Å². The Morgan fingerprint density at radius 2 is 1.57 bits per heavy atom. The number of halogens is 1. The van der Waals surface area contributed by atoms with Crippen LogP contribution in [0.1, 0.15) is 55.3 Å². The van der Waals surface area contributed by atoms with Crippen LogP contribution in [0.5, 0.6) is 0 Å². The highest BCUT2D eigenvalue weighted by Gasteiger charge is 2.32. The number of rotatable bonds is 3. The van der Waals surface area contributed by atoms with Gasteiger partial charge >= 0.3 is 0 Å². The second-order valence-electron chi connectivity index (χ2n) is 6.83. The summed E-state index contributed by atoms with van der Waals surface area (Å²) >= 11 is 0. The van der Waals surface area contributed by atoms with E-state index in [-0.39, 0.29) is 29.3 Å². The molecule has 1 aliphatic carbocycles. The van der Waals surface area contributed by atoms with E-state index in [1.54, 1.807) is 12.1 Å². The van der Waals surface area contributed by atoms with E-state index in [2.05, 4.69) is 0 Å². The molecule has 124 valence electrons. The van der Waals surface area contributed by atoms with Crippen LogP contribution in [0.15, 0.2) is 24.3 Å². The van der Waals surface area contributed by atoms with Crippen molar-refractivity contribution in [2.75, 3.05) is 13.1 Å². The summed E-state index contributed by atoms with van der Waals surface area (Å²) in [5.41, 5.74) is 0.545. The van der Waals surface area contributed by atoms with Crippen molar-refractivity contribution in [3.05, 3.63) is 35.6 Å². The maximum atomic E-state index is 13.0. The molecule has 0 bridgehead atoms. The third-order valence-electron chi connectivity index (χ3n) is 5.19. The fraction of sp³-hybridized carbons (Fsp3) is 0.579. The van der Waals surface area contributed by atoms with Crippen LogP contribution in [0.3, 0.4) is 0 Å². The van der Waals surface area contributed by atoms with Gasteiger partial charge in [0.05, 0.1) is 0 Å². The van der Waals surface area contributed by atoms with Gasteiger partial charge in [0.15, 0.2) is 5.78 Å². The number of carbonyl (C=O) groups excluding carboxylic acids is 2. The van der Waals surface area contributed by atoms with Crippen molar-refractivity contribution >= 4 is 11.7 Å². The van der Waals surface area contributed by atoms with E-state index in [0.29, 0.717) is 12.1 Å². The summed E-state index contributed by atoms with van der Waals surface area (Å²) in [6, 6.07) is 5.72. The van der Waals surface area contributed by atoms with Gasteiger partial charge in [-0.3, -0.25) is 9.59 Å². The molecule has 1 saturated carbocycles. The molecule has 1 saturated heterocycles. The van der Waals surface area contributed by atoms with Crippen LogP contribution in [0.4, 0.5) is 4.39 Å². The van der Waals surface area contributed by atoms with Gasteiger partial charge in [0.1, 0.15) is 5.82 Å². The zero-order valence-corrected chi connectivity index (χ0v) is 13.5. The molecule has 1 aromatic carbocycles. The van der Waals surface area contributed by atoms with E-state index in [9.17, 15) is 14.0 Å². The average Bonchev–Trinajstić information content (AvgIpc) is 2.62. The van der Waals surface area contributed by atoms with Crippen molar-refractivity contribution in [2.45, 2.75) is 44.9 Å². The molecule has 4 heteroatoms. The van der Waals surface area contributed by atoms with Gasteiger partial charge in [-0.05, 0) is 49.9 Å². The third kappa shape index (κ3) is 3.80. The Labute approximate surface area is 136 Å². The van der Waals surface area contributed by atoms with E-state index in [0.717, 1.165) is 45.1 Å². The molecule has 0 unspecified atom stereocenters. The van der Waals surface area contributed by atoms with Gasteiger partial charge in [-0.15, -0.1) is 0 Å². The fourth-order valence-electron chi connectivity index (χ4n) is 3.85.